The minimum absolute atomic E-state index is 0.0526. The summed E-state index contributed by atoms with van der Waals surface area (Å²) in [5.41, 5.74) is 4.09. The van der Waals surface area contributed by atoms with Crippen LogP contribution in [0.15, 0.2) is 77.7 Å². The molecule has 0 spiro atoms. The van der Waals surface area contributed by atoms with Gasteiger partial charge in [0, 0.05) is 12.6 Å². The maximum absolute atomic E-state index is 14.1. The van der Waals surface area contributed by atoms with Crippen LogP contribution < -0.4 is 9.62 Å². The molecule has 0 radical (unpaired) electrons. The first-order valence-corrected chi connectivity index (χ1v) is 15.2. The first-order chi connectivity index (χ1) is 19.0. The number of carbonyl (C=O) groups is 2. The van der Waals surface area contributed by atoms with Gasteiger partial charge in [-0.15, -0.1) is 0 Å². The van der Waals surface area contributed by atoms with Gasteiger partial charge in [-0.05, 0) is 75.9 Å². The van der Waals surface area contributed by atoms with Crippen LogP contribution in [0.25, 0.3) is 0 Å². The number of anilines is 1. The molecule has 3 rings (SSSR count). The van der Waals surface area contributed by atoms with Gasteiger partial charge in [-0.1, -0.05) is 73.5 Å². The molecule has 7 nitrogen and oxygen atoms in total. The molecule has 2 amide bonds. The van der Waals surface area contributed by atoms with Crippen molar-refractivity contribution < 1.29 is 18.0 Å². The van der Waals surface area contributed by atoms with E-state index in [1.807, 2.05) is 71.9 Å². The molecular formula is C32H41N3O4S. The molecular weight excluding hydrogens is 522 g/mol. The number of benzene rings is 3. The molecule has 0 unspecified atom stereocenters. The molecule has 0 saturated carbocycles. The highest BCUT2D eigenvalue weighted by Gasteiger charge is 2.34. The first-order valence-electron chi connectivity index (χ1n) is 13.8. The van der Waals surface area contributed by atoms with Gasteiger partial charge in [0.05, 0.1) is 10.6 Å². The third-order valence-electron chi connectivity index (χ3n) is 7.00. The number of nitrogens with zero attached hydrogens (tertiary/aromatic N) is 2. The molecule has 0 aliphatic rings. The number of sulfonamides is 1. The van der Waals surface area contributed by atoms with Crippen molar-refractivity contribution >= 4 is 27.5 Å². The van der Waals surface area contributed by atoms with Crippen LogP contribution in [0.3, 0.4) is 0 Å². The quantitative estimate of drug-likeness (QED) is 0.314. The largest absolute Gasteiger partial charge is 0.352 e. The molecule has 40 heavy (non-hydrogen) atoms. The number of hydrogen-bond donors (Lipinski definition) is 1. The Hall–Kier alpha value is -3.65. The zero-order valence-corrected chi connectivity index (χ0v) is 25.2. The van der Waals surface area contributed by atoms with Crippen LogP contribution in [0.5, 0.6) is 0 Å². The Morgan fingerprint density at radius 3 is 2.02 bits per heavy atom. The lowest BCUT2D eigenvalue weighted by atomic mass is 10.1. The third kappa shape index (κ3) is 7.72. The molecule has 8 heteroatoms. The van der Waals surface area contributed by atoms with Crippen molar-refractivity contribution in [1.82, 2.24) is 10.2 Å². The fourth-order valence-electron chi connectivity index (χ4n) is 4.52. The highest BCUT2D eigenvalue weighted by Crippen LogP contribution is 2.26. The second-order valence-electron chi connectivity index (χ2n) is 10.4. The number of hydrogen-bond acceptors (Lipinski definition) is 4. The molecule has 0 bridgehead atoms. The van der Waals surface area contributed by atoms with Crippen LogP contribution in [0.1, 0.15) is 55.9 Å². The summed E-state index contributed by atoms with van der Waals surface area (Å²) in [5.74, 6) is -0.703. The molecule has 0 fully saturated rings. The van der Waals surface area contributed by atoms with Gasteiger partial charge in [0.1, 0.15) is 12.6 Å². The summed E-state index contributed by atoms with van der Waals surface area (Å²) in [6, 6.07) is 20.6. The van der Waals surface area contributed by atoms with Crippen LogP contribution in [0.4, 0.5) is 5.69 Å². The van der Waals surface area contributed by atoms with E-state index in [-0.39, 0.29) is 23.4 Å². The highest BCUT2D eigenvalue weighted by atomic mass is 32.2. The molecule has 1 N–H and O–H groups in total. The number of rotatable bonds is 12. The molecule has 0 aliphatic heterocycles. The summed E-state index contributed by atoms with van der Waals surface area (Å²) in [7, 11) is -4.09. The standard InChI is InChI=1S/C32H41N3O4S/c1-7-26(6)33-32(37)30(8-2)34(21-27-13-9-11-24(4)19-27)31(36)22-35(28-14-10-12-25(5)20-28)40(38,39)29-17-15-23(3)16-18-29/h9-20,26,30H,7-8,21-22H2,1-6H3,(H,33,37)/t26-,30-/m0/s1. The van der Waals surface area contributed by atoms with Gasteiger partial charge >= 0.3 is 0 Å². The van der Waals surface area contributed by atoms with Crippen LogP contribution in [-0.4, -0.2) is 43.8 Å². The minimum Gasteiger partial charge on any atom is -0.352 e. The normalized spacial score (nSPS) is 12.8. The molecule has 214 valence electrons. The van der Waals surface area contributed by atoms with Crippen molar-refractivity contribution in [2.24, 2.45) is 0 Å². The Kier molecular flexibility index (Phi) is 10.5. The van der Waals surface area contributed by atoms with Gasteiger partial charge in [-0.25, -0.2) is 8.42 Å². The van der Waals surface area contributed by atoms with Gasteiger partial charge in [-0.3, -0.25) is 13.9 Å². The van der Waals surface area contributed by atoms with E-state index in [9.17, 15) is 18.0 Å². The predicted octanol–water partition coefficient (Wildman–Crippen LogP) is 5.53. The maximum Gasteiger partial charge on any atom is 0.264 e. The minimum atomic E-state index is -4.09. The predicted molar refractivity (Wildman–Crippen MR) is 161 cm³/mol. The summed E-state index contributed by atoms with van der Waals surface area (Å²) in [5, 5.41) is 3.00. The van der Waals surface area contributed by atoms with Crippen molar-refractivity contribution in [2.75, 3.05) is 10.8 Å². The van der Waals surface area contributed by atoms with Crippen molar-refractivity contribution in [3.63, 3.8) is 0 Å². The van der Waals surface area contributed by atoms with Crippen molar-refractivity contribution in [3.05, 3.63) is 95.1 Å². The highest BCUT2D eigenvalue weighted by molar-refractivity contribution is 7.92. The van der Waals surface area contributed by atoms with Crippen LogP contribution in [-0.2, 0) is 26.2 Å². The summed E-state index contributed by atoms with van der Waals surface area (Å²) in [6.45, 7) is 11.2. The molecule has 3 aromatic rings. The van der Waals surface area contributed by atoms with E-state index in [1.54, 1.807) is 42.5 Å². The number of aryl methyl sites for hydroxylation is 3. The van der Waals surface area contributed by atoms with E-state index in [2.05, 4.69) is 5.32 Å². The van der Waals surface area contributed by atoms with E-state index in [4.69, 9.17) is 0 Å². The second-order valence-corrected chi connectivity index (χ2v) is 12.3. The number of nitrogens with one attached hydrogen (secondary N) is 1. The van der Waals surface area contributed by atoms with Crippen LogP contribution >= 0.6 is 0 Å². The van der Waals surface area contributed by atoms with Crippen LogP contribution in [0, 0.1) is 20.8 Å². The summed E-state index contributed by atoms with van der Waals surface area (Å²) in [6.07, 6.45) is 1.14. The van der Waals surface area contributed by atoms with E-state index >= 15 is 0 Å². The molecule has 3 aromatic carbocycles. The molecule has 0 heterocycles. The monoisotopic (exact) mass is 563 g/mol. The maximum atomic E-state index is 14.1. The number of amides is 2. The lowest BCUT2D eigenvalue weighted by Gasteiger charge is -2.34. The fraction of sp³-hybridized carbons (Fsp3) is 0.375. The second kappa shape index (κ2) is 13.6. The number of carbonyl (C=O) groups excluding carboxylic acids is 2. The van der Waals surface area contributed by atoms with Crippen LogP contribution in [0.2, 0.25) is 0 Å². The lowest BCUT2D eigenvalue weighted by Crippen LogP contribution is -2.53. The Labute approximate surface area is 239 Å². The molecule has 0 aromatic heterocycles. The SMILES string of the molecule is CC[C@H](C)NC(=O)[C@H](CC)N(Cc1cccc(C)c1)C(=O)CN(c1cccc(C)c1)S(=O)(=O)c1ccc(C)cc1. The van der Waals surface area contributed by atoms with E-state index in [0.29, 0.717) is 12.1 Å². The molecule has 0 saturated heterocycles. The van der Waals surface area contributed by atoms with Gasteiger partial charge in [0.2, 0.25) is 11.8 Å². The zero-order chi connectivity index (χ0) is 29.4. The Balaban J connectivity index is 2.06. The average molecular weight is 564 g/mol. The smallest absolute Gasteiger partial charge is 0.264 e. The lowest BCUT2D eigenvalue weighted by molar-refractivity contribution is -0.140. The Morgan fingerprint density at radius 1 is 0.825 bits per heavy atom. The first kappa shape index (κ1) is 30.9. The van der Waals surface area contributed by atoms with Gasteiger partial charge in [0.25, 0.3) is 10.0 Å². The summed E-state index contributed by atoms with van der Waals surface area (Å²) >= 11 is 0. The Bertz CT molecular complexity index is 1420. The van der Waals surface area contributed by atoms with E-state index in [0.717, 1.165) is 33.0 Å². The third-order valence-corrected chi connectivity index (χ3v) is 8.79. The summed E-state index contributed by atoms with van der Waals surface area (Å²) < 4.78 is 29.0. The van der Waals surface area contributed by atoms with E-state index < -0.39 is 28.5 Å². The van der Waals surface area contributed by atoms with E-state index in [1.165, 1.54) is 4.90 Å². The molecule has 0 aliphatic carbocycles. The van der Waals surface area contributed by atoms with Gasteiger partial charge < -0.3 is 10.2 Å². The van der Waals surface area contributed by atoms with Crippen molar-refractivity contribution in [3.8, 4) is 0 Å². The fourth-order valence-corrected chi connectivity index (χ4v) is 5.92. The van der Waals surface area contributed by atoms with Crippen molar-refractivity contribution in [1.29, 1.82) is 0 Å². The molecule has 2 atom stereocenters. The van der Waals surface area contributed by atoms with Crippen molar-refractivity contribution in [2.45, 2.75) is 77.9 Å². The topological polar surface area (TPSA) is 86.8 Å². The van der Waals surface area contributed by atoms with Gasteiger partial charge in [-0.2, -0.15) is 0 Å². The average Bonchev–Trinajstić information content (AvgIpc) is 2.91. The Morgan fingerprint density at radius 2 is 1.45 bits per heavy atom. The van der Waals surface area contributed by atoms with Gasteiger partial charge in [0.15, 0.2) is 0 Å². The zero-order valence-electron chi connectivity index (χ0n) is 24.3. The summed E-state index contributed by atoms with van der Waals surface area (Å²) in [4.78, 5) is 29.1.